The molecule has 1 heterocycles. The topological polar surface area (TPSA) is 75.7 Å². The zero-order chi connectivity index (χ0) is 23.8. The number of hydrogen-bond acceptors (Lipinski definition) is 4. The van der Waals surface area contributed by atoms with Crippen LogP contribution in [-0.4, -0.2) is 27.0 Å². The SMILES string of the molecule is COc1ccc(/C=C2\C(=O)N(c3ccc(S(=O)(=O)NC(C)(C)C)cc3)c3ccccc32)cc1. The molecule has 0 spiro atoms. The number of nitrogens with one attached hydrogen (secondary N) is 1. The summed E-state index contributed by atoms with van der Waals surface area (Å²) in [7, 11) is -2.06. The summed E-state index contributed by atoms with van der Waals surface area (Å²) < 4.78 is 33.1. The van der Waals surface area contributed by atoms with Crippen LogP contribution in [0.5, 0.6) is 5.75 Å². The van der Waals surface area contributed by atoms with Crippen LogP contribution in [0.4, 0.5) is 11.4 Å². The van der Waals surface area contributed by atoms with Gasteiger partial charge in [0.2, 0.25) is 10.0 Å². The quantitative estimate of drug-likeness (QED) is 0.542. The number of anilines is 2. The number of nitrogens with zero attached hydrogens (tertiary/aromatic N) is 1. The van der Waals surface area contributed by atoms with Crippen molar-refractivity contribution >= 4 is 39.0 Å². The molecule has 0 fully saturated rings. The molecule has 0 saturated carbocycles. The number of amides is 1. The second-order valence-corrected chi connectivity index (χ2v) is 10.5. The average molecular weight is 463 g/mol. The minimum absolute atomic E-state index is 0.148. The maximum atomic E-state index is 13.5. The van der Waals surface area contributed by atoms with Gasteiger partial charge in [-0.1, -0.05) is 30.3 Å². The van der Waals surface area contributed by atoms with E-state index < -0.39 is 15.6 Å². The van der Waals surface area contributed by atoms with E-state index in [1.54, 1.807) is 44.9 Å². The van der Waals surface area contributed by atoms with E-state index in [-0.39, 0.29) is 10.8 Å². The Kier molecular flexibility index (Phi) is 5.86. The molecule has 0 atom stereocenters. The number of ether oxygens (including phenoxy) is 1. The average Bonchev–Trinajstić information content (AvgIpc) is 3.04. The fourth-order valence-electron chi connectivity index (χ4n) is 3.74. The maximum Gasteiger partial charge on any atom is 0.263 e. The highest BCUT2D eigenvalue weighted by molar-refractivity contribution is 7.89. The van der Waals surface area contributed by atoms with Gasteiger partial charge in [-0.15, -0.1) is 0 Å². The number of hydrogen-bond donors (Lipinski definition) is 1. The molecule has 170 valence electrons. The number of carbonyl (C=O) groups excluding carboxylic acids is 1. The molecule has 1 aliphatic heterocycles. The normalized spacial score (nSPS) is 15.1. The van der Waals surface area contributed by atoms with Gasteiger partial charge in [-0.2, -0.15) is 0 Å². The lowest BCUT2D eigenvalue weighted by atomic mass is 10.0. The molecule has 0 unspecified atom stereocenters. The molecule has 0 radical (unpaired) electrons. The number of fused-ring (bicyclic) bond motifs is 1. The second-order valence-electron chi connectivity index (χ2n) is 8.84. The van der Waals surface area contributed by atoms with E-state index >= 15 is 0 Å². The lowest BCUT2D eigenvalue weighted by Gasteiger charge is -2.21. The molecule has 0 bridgehead atoms. The summed E-state index contributed by atoms with van der Waals surface area (Å²) >= 11 is 0. The summed E-state index contributed by atoms with van der Waals surface area (Å²) in [5.74, 6) is 0.573. The molecule has 0 aromatic heterocycles. The Bertz CT molecular complexity index is 1320. The molecule has 1 N–H and O–H groups in total. The Morgan fingerprint density at radius 1 is 0.909 bits per heavy atom. The van der Waals surface area contributed by atoms with E-state index in [0.29, 0.717) is 11.3 Å². The lowest BCUT2D eigenvalue weighted by molar-refractivity contribution is -0.112. The number of methoxy groups -OCH3 is 1. The number of para-hydroxylation sites is 1. The van der Waals surface area contributed by atoms with Crippen LogP contribution in [0, 0.1) is 0 Å². The highest BCUT2D eigenvalue weighted by atomic mass is 32.2. The first-order chi connectivity index (χ1) is 15.6. The molecule has 33 heavy (non-hydrogen) atoms. The summed E-state index contributed by atoms with van der Waals surface area (Å²) in [6.45, 7) is 5.36. The molecule has 6 nitrogen and oxygen atoms in total. The second kappa shape index (κ2) is 8.50. The molecule has 3 aromatic carbocycles. The highest BCUT2D eigenvalue weighted by Crippen LogP contribution is 2.42. The molecule has 4 rings (SSSR count). The molecular weight excluding hydrogens is 436 g/mol. The van der Waals surface area contributed by atoms with Crippen LogP contribution in [0.2, 0.25) is 0 Å². The molecule has 1 amide bonds. The van der Waals surface area contributed by atoms with Gasteiger partial charge in [0.1, 0.15) is 5.75 Å². The molecule has 0 saturated heterocycles. The van der Waals surface area contributed by atoms with Gasteiger partial charge in [-0.05, 0) is 74.9 Å². The van der Waals surface area contributed by atoms with Crippen molar-refractivity contribution in [2.24, 2.45) is 0 Å². The van der Waals surface area contributed by atoms with Gasteiger partial charge >= 0.3 is 0 Å². The van der Waals surface area contributed by atoms with E-state index in [2.05, 4.69) is 4.72 Å². The summed E-state index contributed by atoms with van der Waals surface area (Å²) in [4.78, 5) is 15.2. The zero-order valence-electron chi connectivity index (χ0n) is 19.0. The van der Waals surface area contributed by atoms with Gasteiger partial charge in [0.05, 0.1) is 23.3 Å². The fourth-order valence-corrected chi connectivity index (χ4v) is 5.16. The number of rotatable bonds is 5. The summed E-state index contributed by atoms with van der Waals surface area (Å²) in [6, 6.07) is 21.4. The third kappa shape index (κ3) is 4.69. The highest BCUT2D eigenvalue weighted by Gasteiger charge is 2.33. The number of carbonyl (C=O) groups is 1. The van der Waals surface area contributed by atoms with Gasteiger partial charge < -0.3 is 4.74 Å². The Labute approximate surface area is 194 Å². The fraction of sp³-hybridized carbons (Fsp3) is 0.192. The maximum absolute atomic E-state index is 13.5. The van der Waals surface area contributed by atoms with Crippen molar-refractivity contribution in [2.75, 3.05) is 12.0 Å². The van der Waals surface area contributed by atoms with Crippen molar-refractivity contribution in [1.29, 1.82) is 0 Å². The monoisotopic (exact) mass is 462 g/mol. The minimum Gasteiger partial charge on any atom is -0.497 e. The van der Waals surface area contributed by atoms with E-state index in [1.165, 1.54) is 12.1 Å². The standard InChI is InChI=1S/C26H26N2O4S/c1-26(2,3)27-33(30,31)21-15-11-19(12-16-21)28-24-8-6-5-7-22(24)23(25(28)29)17-18-9-13-20(32-4)14-10-18/h5-17,27H,1-4H3/b23-17-. The minimum atomic E-state index is -3.66. The van der Waals surface area contributed by atoms with Crippen LogP contribution in [0.3, 0.4) is 0 Å². The third-order valence-electron chi connectivity index (χ3n) is 5.14. The van der Waals surface area contributed by atoms with Gasteiger partial charge in [0.25, 0.3) is 5.91 Å². The van der Waals surface area contributed by atoms with Crippen molar-refractivity contribution < 1.29 is 17.9 Å². The Hall–Kier alpha value is -3.42. The van der Waals surface area contributed by atoms with Crippen molar-refractivity contribution in [3.05, 3.63) is 83.9 Å². The van der Waals surface area contributed by atoms with Crippen LogP contribution in [0.15, 0.2) is 77.7 Å². The van der Waals surface area contributed by atoms with Crippen LogP contribution in [0.25, 0.3) is 11.6 Å². The van der Waals surface area contributed by atoms with Crippen molar-refractivity contribution in [3.63, 3.8) is 0 Å². The first kappa shape index (κ1) is 22.8. The molecule has 1 aliphatic rings. The Morgan fingerprint density at radius 2 is 1.55 bits per heavy atom. The zero-order valence-corrected chi connectivity index (χ0v) is 19.8. The van der Waals surface area contributed by atoms with Gasteiger partial charge in [-0.25, -0.2) is 13.1 Å². The largest absolute Gasteiger partial charge is 0.497 e. The first-order valence-electron chi connectivity index (χ1n) is 10.5. The van der Waals surface area contributed by atoms with E-state index in [9.17, 15) is 13.2 Å². The summed E-state index contributed by atoms with van der Waals surface area (Å²) in [6.07, 6.45) is 1.85. The third-order valence-corrected chi connectivity index (χ3v) is 6.92. The Morgan fingerprint density at radius 3 is 2.15 bits per heavy atom. The van der Waals surface area contributed by atoms with E-state index in [4.69, 9.17) is 4.74 Å². The van der Waals surface area contributed by atoms with E-state index in [1.807, 2.05) is 54.6 Å². The van der Waals surface area contributed by atoms with Gasteiger partial charge in [0.15, 0.2) is 0 Å². The van der Waals surface area contributed by atoms with Crippen LogP contribution >= 0.6 is 0 Å². The summed E-state index contributed by atoms with van der Waals surface area (Å²) in [5.41, 5.74) is 3.03. The van der Waals surface area contributed by atoms with E-state index in [0.717, 1.165) is 22.6 Å². The number of benzene rings is 3. The molecule has 7 heteroatoms. The smallest absolute Gasteiger partial charge is 0.263 e. The molecular formula is C26H26N2O4S. The summed E-state index contributed by atoms with van der Waals surface area (Å²) in [5, 5.41) is 0. The molecule has 3 aromatic rings. The van der Waals surface area contributed by atoms with Crippen molar-refractivity contribution in [2.45, 2.75) is 31.2 Å². The van der Waals surface area contributed by atoms with Crippen LogP contribution in [-0.2, 0) is 14.8 Å². The predicted molar refractivity (Wildman–Crippen MR) is 131 cm³/mol. The predicted octanol–water partition coefficient (Wildman–Crippen LogP) is 4.99. The lowest BCUT2D eigenvalue weighted by Crippen LogP contribution is -2.40. The van der Waals surface area contributed by atoms with Gasteiger partial charge in [0, 0.05) is 16.8 Å². The van der Waals surface area contributed by atoms with Gasteiger partial charge in [-0.3, -0.25) is 9.69 Å². The first-order valence-corrected chi connectivity index (χ1v) is 12.0. The van der Waals surface area contributed by atoms with Crippen LogP contribution < -0.4 is 14.4 Å². The van der Waals surface area contributed by atoms with Crippen LogP contribution in [0.1, 0.15) is 31.9 Å². The van der Waals surface area contributed by atoms with Crippen molar-refractivity contribution in [1.82, 2.24) is 4.72 Å². The Balaban J connectivity index is 1.70. The molecule has 0 aliphatic carbocycles. The van der Waals surface area contributed by atoms with Crippen molar-refractivity contribution in [3.8, 4) is 5.75 Å². The number of sulfonamides is 1.